The molecule has 1 fully saturated rings. The molecule has 0 aliphatic carbocycles. The van der Waals surface area contributed by atoms with Crippen molar-refractivity contribution >= 4 is 6.47 Å². The van der Waals surface area contributed by atoms with Crippen molar-refractivity contribution in [2.24, 2.45) is 0 Å². The minimum absolute atomic E-state index is 0.0286. The van der Waals surface area contributed by atoms with E-state index in [1.807, 2.05) is 55.5 Å². The summed E-state index contributed by atoms with van der Waals surface area (Å²) in [7, 11) is 0. The molecule has 2 aromatic rings. The zero-order valence-electron chi connectivity index (χ0n) is 17.8. The first-order chi connectivity index (χ1) is 14.9. The van der Waals surface area contributed by atoms with Crippen LogP contribution in [-0.4, -0.2) is 31.9 Å². The Morgan fingerprint density at radius 1 is 1.06 bits per heavy atom. The van der Waals surface area contributed by atoms with E-state index in [1.165, 1.54) is 0 Å². The van der Waals surface area contributed by atoms with Crippen molar-refractivity contribution in [2.75, 3.05) is 13.2 Å². The number of rotatable bonds is 11. The smallest absolute Gasteiger partial charge is 0.293 e. The maximum Gasteiger partial charge on any atom is 0.293 e. The molecule has 3 rings (SSSR count). The third kappa shape index (κ3) is 6.51. The van der Waals surface area contributed by atoms with Gasteiger partial charge in [0.15, 0.2) is 0 Å². The number of ether oxygens (including phenoxy) is 4. The highest BCUT2D eigenvalue weighted by Gasteiger charge is 2.23. The van der Waals surface area contributed by atoms with Crippen LogP contribution >= 0.6 is 0 Å². The van der Waals surface area contributed by atoms with Gasteiger partial charge in [0, 0.05) is 12.8 Å². The zero-order chi connectivity index (χ0) is 22.2. The standard InChI is InChI=1S/C26H28O5/c1-18(2)13-25(30-17-27)15-28-23-9-5-21(6-10-23)22-7-11-24(12-8-22)29-16-26-14-19(3)20(4)31-26/h5-12,17,25-26H,1,3-4,13-16H2,2H3. The summed E-state index contributed by atoms with van der Waals surface area (Å²) in [4.78, 5) is 10.6. The molecule has 0 radical (unpaired) electrons. The molecule has 1 heterocycles. The summed E-state index contributed by atoms with van der Waals surface area (Å²) < 4.78 is 22.2. The summed E-state index contributed by atoms with van der Waals surface area (Å²) in [5, 5.41) is 0. The zero-order valence-corrected chi connectivity index (χ0v) is 17.8. The summed E-state index contributed by atoms with van der Waals surface area (Å²) >= 11 is 0. The molecule has 0 aromatic heterocycles. The van der Waals surface area contributed by atoms with Crippen LogP contribution in [0.1, 0.15) is 19.8 Å². The first kappa shape index (κ1) is 22.2. The van der Waals surface area contributed by atoms with Crippen LogP contribution in [0.3, 0.4) is 0 Å². The highest BCUT2D eigenvalue weighted by molar-refractivity contribution is 5.64. The van der Waals surface area contributed by atoms with Crippen molar-refractivity contribution < 1.29 is 23.7 Å². The number of benzene rings is 2. The van der Waals surface area contributed by atoms with E-state index in [0.717, 1.165) is 34.4 Å². The number of carbonyl (C=O) groups excluding carboxylic acids is 1. The van der Waals surface area contributed by atoms with Crippen LogP contribution in [0.4, 0.5) is 0 Å². The van der Waals surface area contributed by atoms with Crippen LogP contribution in [0.25, 0.3) is 11.1 Å². The summed E-state index contributed by atoms with van der Waals surface area (Å²) in [6.07, 6.45) is 0.953. The van der Waals surface area contributed by atoms with Gasteiger partial charge in [0.05, 0.1) is 0 Å². The maximum atomic E-state index is 10.6. The fourth-order valence-electron chi connectivity index (χ4n) is 3.29. The summed E-state index contributed by atoms with van der Waals surface area (Å²) in [5.74, 6) is 2.15. The molecular formula is C26H28O5. The van der Waals surface area contributed by atoms with E-state index < -0.39 is 0 Å². The van der Waals surface area contributed by atoms with Crippen molar-refractivity contribution in [3.8, 4) is 22.6 Å². The SMILES string of the molecule is C=C(C)CC(COc1ccc(-c2ccc(OCC3CC(=C)C(=C)O3)cc2)cc1)OC=O. The Morgan fingerprint density at radius 2 is 1.65 bits per heavy atom. The monoisotopic (exact) mass is 420 g/mol. The van der Waals surface area contributed by atoms with Crippen LogP contribution in [0, 0.1) is 0 Å². The van der Waals surface area contributed by atoms with Gasteiger partial charge < -0.3 is 18.9 Å². The van der Waals surface area contributed by atoms with E-state index >= 15 is 0 Å². The molecular weight excluding hydrogens is 392 g/mol. The van der Waals surface area contributed by atoms with Crippen LogP contribution < -0.4 is 9.47 Å². The maximum absolute atomic E-state index is 10.6. The van der Waals surface area contributed by atoms with Crippen molar-refractivity contribution in [3.63, 3.8) is 0 Å². The van der Waals surface area contributed by atoms with Gasteiger partial charge in [-0.3, -0.25) is 4.79 Å². The molecule has 162 valence electrons. The normalized spacial score (nSPS) is 16.4. The van der Waals surface area contributed by atoms with Crippen molar-refractivity contribution in [2.45, 2.75) is 32.0 Å². The Hall–Kier alpha value is -3.47. The van der Waals surface area contributed by atoms with Gasteiger partial charge in [0.25, 0.3) is 6.47 Å². The molecule has 0 amide bonds. The number of hydrogen-bond donors (Lipinski definition) is 0. The lowest BCUT2D eigenvalue weighted by Gasteiger charge is -2.16. The van der Waals surface area contributed by atoms with E-state index in [2.05, 4.69) is 19.7 Å². The summed E-state index contributed by atoms with van der Waals surface area (Å²) in [6, 6.07) is 15.7. The average Bonchev–Trinajstić information content (AvgIpc) is 3.08. The predicted octanol–water partition coefficient (Wildman–Crippen LogP) is 5.48. The molecule has 1 aliphatic rings. The van der Waals surface area contributed by atoms with E-state index in [9.17, 15) is 4.79 Å². The topological polar surface area (TPSA) is 54.0 Å². The Kier molecular flexibility index (Phi) is 7.55. The van der Waals surface area contributed by atoms with Gasteiger partial charge in [-0.05, 0) is 47.9 Å². The molecule has 1 aliphatic heterocycles. The van der Waals surface area contributed by atoms with Gasteiger partial charge >= 0.3 is 0 Å². The third-order valence-electron chi connectivity index (χ3n) is 4.92. The molecule has 1 saturated heterocycles. The molecule has 0 N–H and O–H groups in total. The summed E-state index contributed by atoms with van der Waals surface area (Å²) in [6.45, 7) is 14.7. The number of allylic oxidation sites excluding steroid dienone is 1. The van der Waals surface area contributed by atoms with Gasteiger partial charge in [-0.15, -0.1) is 0 Å². The Balaban J connectivity index is 1.52. The molecule has 2 aromatic carbocycles. The molecule has 0 spiro atoms. The Labute approximate surface area is 183 Å². The molecule has 5 heteroatoms. The summed E-state index contributed by atoms with van der Waals surface area (Å²) in [5.41, 5.74) is 4.00. The second kappa shape index (κ2) is 10.5. The fourth-order valence-corrected chi connectivity index (χ4v) is 3.29. The largest absolute Gasteiger partial charge is 0.490 e. The van der Waals surface area contributed by atoms with Gasteiger partial charge in [-0.2, -0.15) is 0 Å². The van der Waals surface area contributed by atoms with Crippen LogP contribution in [0.15, 0.2) is 85.2 Å². The second-order valence-electron chi connectivity index (χ2n) is 7.66. The minimum atomic E-state index is -0.340. The number of carbonyl (C=O) groups is 1. The number of hydrogen-bond acceptors (Lipinski definition) is 5. The molecule has 2 atom stereocenters. The fraction of sp³-hybridized carbons (Fsp3) is 0.269. The van der Waals surface area contributed by atoms with Crippen molar-refractivity contribution in [1.29, 1.82) is 0 Å². The van der Waals surface area contributed by atoms with Crippen LogP contribution in [0.5, 0.6) is 11.5 Å². The Bertz CT molecular complexity index is 911. The quantitative estimate of drug-likeness (QED) is 0.356. The average molecular weight is 421 g/mol. The van der Waals surface area contributed by atoms with Crippen LogP contribution in [0.2, 0.25) is 0 Å². The van der Waals surface area contributed by atoms with Crippen LogP contribution in [-0.2, 0) is 14.3 Å². The molecule has 31 heavy (non-hydrogen) atoms. The molecule has 5 nitrogen and oxygen atoms in total. The molecule has 0 bridgehead atoms. The van der Waals surface area contributed by atoms with E-state index in [1.54, 1.807) is 0 Å². The first-order valence-corrected chi connectivity index (χ1v) is 10.2. The van der Waals surface area contributed by atoms with Crippen molar-refractivity contribution in [3.05, 3.63) is 85.2 Å². The van der Waals surface area contributed by atoms with E-state index in [-0.39, 0.29) is 18.8 Å². The predicted molar refractivity (Wildman–Crippen MR) is 121 cm³/mol. The lowest BCUT2D eigenvalue weighted by atomic mass is 10.1. The van der Waals surface area contributed by atoms with Gasteiger partial charge in [0.2, 0.25) is 0 Å². The van der Waals surface area contributed by atoms with Gasteiger partial charge in [0.1, 0.15) is 42.7 Å². The molecule has 0 saturated carbocycles. The third-order valence-corrected chi connectivity index (χ3v) is 4.92. The highest BCUT2D eigenvalue weighted by Crippen LogP contribution is 2.28. The Morgan fingerprint density at radius 3 is 2.13 bits per heavy atom. The lowest BCUT2D eigenvalue weighted by Crippen LogP contribution is -2.21. The van der Waals surface area contributed by atoms with E-state index in [4.69, 9.17) is 18.9 Å². The minimum Gasteiger partial charge on any atom is -0.490 e. The highest BCUT2D eigenvalue weighted by atomic mass is 16.6. The first-order valence-electron chi connectivity index (χ1n) is 10.2. The van der Waals surface area contributed by atoms with Gasteiger partial charge in [-0.1, -0.05) is 49.6 Å². The van der Waals surface area contributed by atoms with E-state index in [0.29, 0.717) is 31.0 Å². The molecule has 2 unspecified atom stereocenters. The van der Waals surface area contributed by atoms with Gasteiger partial charge in [-0.25, -0.2) is 0 Å². The lowest BCUT2D eigenvalue weighted by molar-refractivity contribution is -0.134. The second-order valence-corrected chi connectivity index (χ2v) is 7.66. The van der Waals surface area contributed by atoms with Crippen molar-refractivity contribution in [1.82, 2.24) is 0 Å².